The van der Waals surface area contributed by atoms with Gasteiger partial charge in [-0.25, -0.2) is 8.42 Å². The van der Waals surface area contributed by atoms with Crippen LogP contribution < -0.4 is 0 Å². The maximum atomic E-state index is 12.8. The van der Waals surface area contributed by atoms with Gasteiger partial charge in [-0.3, -0.25) is 9.59 Å². The molecule has 0 radical (unpaired) electrons. The van der Waals surface area contributed by atoms with E-state index in [1.807, 2.05) is 9.80 Å². The highest BCUT2D eigenvalue weighted by atomic mass is 32.2. The third kappa shape index (κ3) is 5.49. The van der Waals surface area contributed by atoms with Crippen molar-refractivity contribution in [1.82, 2.24) is 14.1 Å². The van der Waals surface area contributed by atoms with Crippen molar-refractivity contribution in [2.45, 2.75) is 62.0 Å². The van der Waals surface area contributed by atoms with E-state index in [2.05, 4.69) is 0 Å². The SMILES string of the molecule is O=C(Cc1ccc(S(=O)(=O)N2CCCCC2)s1)N1CCC(CN2CCCCC2=O)CC1. The van der Waals surface area contributed by atoms with Crippen LogP contribution >= 0.6 is 11.3 Å². The third-order valence-electron chi connectivity index (χ3n) is 6.74. The number of thiophene rings is 1. The van der Waals surface area contributed by atoms with Gasteiger partial charge >= 0.3 is 0 Å². The molecule has 7 nitrogen and oxygen atoms in total. The first kappa shape index (κ1) is 22.7. The Labute approximate surface area is 189 Å². The van der Waals surface area contributed by atoms with Crippen LogP contribution in [0.25, 0.3) is 0 Å². The molecule has 4 heterocycles. The molecular formula is C22H33N3O4S2. The number of likely N-dealkylation sites (tertiary alicyclic amines) is 2. The van der Waals surface area contributed by atoms with Crippen LogP contribution in [0.2, 0.25) is 0 Å². The quantitative estimate of drug-likeness (QED) is 0.645. The van der Waals surface area contributed by atoms with Gasteiger partial charge in [-0.1, -0.05) is 6.42 Å². The van der Waals surface area contributed by atoms with E-state index in [4.69, 9.17) is 0 Å². The van der Waals surface area contributed by atoms with E-state index in [0.29, 0.717) is 29.6 Å². The number of nitrogens with zero attached hydrogens (tertiary/aromatic N) is 3. The van der Waals surface area contributed by atoms with Crippen molar-refractivity contribution in [3.63, 3.8) is 0 Å². The molecule has 3 saturated heterocycles. The first-order valence-corrected chi connectivity index (χ1v) is 13.8. The lowest BCUT2D eigenvalue weighted by atomic mass is 9.95. The molecule has 2 amide bonds. The lowest BCUT2D eigenvalue weighted by Gasteiger charge is -2.36. The summed E-state index contributed by atoms with van der Waals surface area (Å²) in [6.45, 7) is 4.31. The Morgan fingerprint density at radius 1 is 0.968 bits per heavy atom. The van der Waals surface area contributed by atoms with E-state index in [-0.39, 0.29) is 18.2 Å². The topological polar surface area (TPSA) is 78.0 Å². The van der Waals surface area contributed by atoms with E-state index in [1.54, 1.807) is 16.4 Å². The fourth-order valence-electron chi connectivity index (χ4n) is 4.82. The summed E-state index contributed by atoms with van der Waals surface area (Å²) < 4.78 is 27.6. The van der Waals surface area contributed by atoms with Crippen LogP contribution in [0.15, 0.2) is 16.3 Å². The molecule has 0 N–H and O–H groups in total. The molecule has 0 bridgehead atoms. The molecule has 0 aliphatic carbocycles. The van der Waals surface area contributed by atoms with Gasteiger partial charge < -0.3 is 9.80 Å². The van der Waals surface area contributed by atoms with Gasteiger partial charge in [0.05, 0.1) is 6.42 Å². The number of hydrogen-bond donors (Lipinski definition) is 0. The highest BCUT2D eigenvalue weighted by Gasteiger charge is 2.29. The highest BCUT2D eigenvalue weighted by Crippen LogP contribution is 2.28. The summed E-state index contributed by atoms with van der Waals surface area (Å²) in [5.41, 5.74) is 0. The summed E-state index contributed by atoms with van der Waals surface area (Å²) in [5.74, 6) is 0.808. The second-order valence-corrected chi connectivity index (χ2v) is 12.3. The minimum absolute atomic E-state index is 0.0660. The Morgan fingerprint density at radius 2 is 1.68 bits per heavy atom. The van der Waals surface area contributed by atoms with Gasteiger partial charge in [0.1, 0.15) is 4.21 Å². The van der Waals surface area contributed by atoms with Crippen LogP contribution in [0.5, 0.6) is 0 Å². The van der Waals surface area contributed by atoms with Crippen molar-refractivity contribution < 1.29 is 18.0 Å². The first-order chi connectivity index (χ1) is 14.9. The zero-order chi connectivity index (χ0) is 21.8. The average molecular weight is 468 g/mol. The normalized spacial score (nSPS) is 22.1. The second kappa shape index (κ2) is 10.0. The van der Waals surface area contributed by atoms with Crippen LogP contribution in [0.1, 0.15) is 56.2 Å². The lowest BCUT2D eigenvalue weighted by Crippen LogP contribution is -2.44. The minimum Gasteiger partial charge on any atom is -0.342 e. The van der Waals surface area contributed by atoms with Gasteiger partial charge in [0.2, 0.25) is 11.8 Å². The number of piperidine rings is 3. The van der Waals surface area contributed by atoms with E-state index in [1.165, 1.54) is 11.3 Å². The molecule has 3 aliphatic heterocycles. The first-order valence-electron chi connectivity index (χ1n) is 11.6. The molecule has 0 unspecified atom stereocenters. The predicted molar refractivity (Wildman–Crippen MR) is 120 cm³/mol. The smallest absolute Gasteiger partial charge is 0.252 e. The molecular weight excluding hydrogens is 434 g/mol. The maximum Gasteiger partial charge on any atom is 0.252 e. The molecule has 4 rings (SSSR count). The van der Waals surface area contributed by atoms with Crippen molar-refractivity contribution in [3.05, 3.63) is 17.0 Å². The Hall–Kier alpha value is -1.45. The van der Waals surface area contributed by atoms with E-state index in [9.17, 15) is 18.0 Å². The lowest BCUT2D eigenvalue weighted by molar-refractivity contribution is -0.136. The fourth-order valence-corrected chi connectivity index (χ4v) is 7.83. The third-order valence-corrected chi connectivity index (χ3v) is 10.2. The number of carbonyl (C=O) groups is 2. The second-order valence-electron chi connectivity index (χ2n) is 8.98. The largest absolute Gasteiger partial charge is 0.342 e. The number of rotatable bonds is 6. The monoisotopic (exact) mass is 467 g/mol. The Morgan fingerprint density at radius 3 is 2.39 bits per heavy atom. The predicted octanol–water partition coefficient (Wildman–Crippen LogP) is 2.72. The van der Waals surface area contributed by atoms with Gasteiger partial charge in [0.25, 0.3) is 10.0 Å². The molecule has 9 heteroatoms. The molecule has 0 atom stereocenters. The summed E-state index contributed by atoms with van der Waals surface area (Å²) in [5, 5.41) is 0. The standard InChI is InChI=1S/C22H33N3O4S2/c26-20-6-2-5-11-24(20)17-18-9-14-23(15-10-18)21(27)16-19-7-8-22(30-19)31(28,29)25-12-3-1-4-13-25/h7-8,18H,1-6,9-17H2. The minimum atomic E-state index is -3.43. The molecule has 3 aliphatic rings. The molecule has 3 fully saturated rings. The Bertz CT molecular complexity index is 884. The Balaban J connectivity index is 1.27. The molecule has 0 saturated carbocycles. The summed E-state index contributed by atoms with van der Waals surface area (Å²) in [7, 11) is -3.43. The van der Waals surface area contributed by atoms with Crippen molar-refractivity contribution in [1.29, 1.82) is 0 Å². The van der Waals surface area contributed by atoms with Crippen LogP contribution in [-0.4, -0.2) is 73.6 Å². The average Bonchev–Trinajstić information content (AvgIpc) is 3.26. The van der Waals surface area contributed by atoms with Crippen LogP contribution in [-0.2, 0) is 26.0 Å². The van der Waals surface area contributed by atoms with Crippen molar-refractivity contribution in [3.8, 4) is 0 Å². The van der Waals surface area contributed by atoms with E-state index >= 15 is 0 Å². The van der Waals surface area contributed by atoms with Crippen molar-refractivity contribution in [2.24, 2.45) is 5.92 Å². The summed E-state index contributed by atoms with van der Waals surface area (Å²) in [6.07, 6.45) is 7.80. The molecule has 0 aromatic carbocycles. The van der Waals surface area contributed by atoms with Crippen molar-refractivity contribution >= 4 is 33.2 Å². The summed E-state index contributed by atoms with van der Waals surface area (Å²) in [4.78, 5) is 29.5. The number of amides is 2. The van der Waals surface area contributed by atoms with Gasteiger partial charge in [-0.2, -0.15) is 4.31 Å². The number of hydrogen-bond acceptors (Lipinski definition) is 5. The van der Waals surface area contributed by atoms with E-state index in [0.717, 1.165) is 76.0 Å². The molecule has 172 valence electrons. The Kier molecular flexibility index (Phi) is 7.33. The van der Waals surface area contributed by atoms with Crippen molar-refractivity contribution in [2.75, 3.05) is 39.3 Å². The van der Waals surface area contributed by atoms with E-state index < -0.39 is 10.0 Å². The van der Waals surface area contributed by atoms with Gasteiger partial charge in [-0.05, 0) is 56.6 Å². The molecule has 1 aromatic heterocycles. The van der Waals surface area contributed by atoms with Gasteiger partial charge in [0, 0.05) is 50.6 Å². The summed E-state index contributed by atoms with van der Waals surface area (Å²) in [6, 6.07) is 3.44. The molecule has 31 heavy (non-hydrogen) atoms. The maximum absolute atomic E-state index is 12.8. The van der Waals surface area contributed by atoms with Gasteiger partial charge in [0.15, 0.2) is 0 Å². The van der Waals surface area contributed by atoms with Crippen LogP contribution in [0.4, 0.5) is 0 Å². The zero-order valence-corrected chi connectivity index (χ0v) is 19.8. The fraction of sp³-hybridized carbons (Fsp3) is 0.727. The summed E-state index contributed by atoms with van der Waals surface area (Å²) >= 11 is 1.23. The highest BCUT2D eigenvalue weighted by molar-refractivity contribution is 7.91. The number of sulfonamides is 1. The van der Waals surface area contributed by atoms with Crippen LogP contribution in [0, 0.1) is 5.92 Å². The molecule has 0 spiro atoms. The van der Waals surface area contributed by atoms with Gasteiger partial charge in [-0.15, -0.1) is 11.3 Å². The number of carbonyl (C=O) groups excluding carboxylic acids is 2. The van der Waals surface area contributed by atoms with Crippen LogP contribution in [0.3, 0.4) is 0 Å². The zero-order valence-electron chi connectivity index (χ0n) is 18.1. The molecule has 1 aromatic rings.